The molecule has 0 bridgehead atoms. The lowest BCUT2D eigenvalue weighted by Gasteiger charge is -2.37. The van der Waals surface area contributed by atoms with Crippen LogP contribution in [0, 0.1) is 0 Å². The first-order valence-corrected chi connectivity index (χ1v) is 7.81. The van der Waals surface area contributed by atoms with Crippen LogP contribution in [0.25, 0.3) is 0 Å². The van der Waals surface area contributed by atoms with E-state index in [1.54, 1.807) is 7.11 Å². The average Bonchev–Trinajstić information content (AvgIpc) is 2.54. The fraction of sp³-hybridized carbons (Fsp3) is 0.588. The summed E-state index contributed by atoms with van der Waals surface area (Å²) in [6.07, 6.45) is 6.86. The van der Waals surface area contributed by atoms with E-state index < -0.39 is 0 Å². The summed E-state index contributed by atoms with van der Waals surface area (Å²) in [6, 6.07) is 7.86. The van der Waals surface area contributed by atoms with Gasteiger partial charge in [0.25, 0.3) is 0 Å². The third-order valence-electron chi connectivity index (χ3n) is 4.41. The molecule has 2 rings (SSSR count). The van der Waals surface area contributed by atoms with Crippen molar-refractivity contribution in [2.75, 3.05) is 13.7 Å². The first-order valence-electron chi connectivity index (χ1n) is 7.81. The van der Waals surface area contributed by atoms with Gasteiger partial charge in [-0.2, -0.15) is 0 Å². The van der Waals surface area contributed by atoms with Crippen molar-refractivity contribution in [1.29, 1.82) is 0 Å². The summed E-state index contributed by atoms with van der Waals surface area (Å²) < 4.78 is 5.13. The van der Waals surface area contributed by atoms with Gasteiger partial charge in [0.15, 0.2) is 0 Å². The van der Waals surface area contributed by atoms with Gasteiger partial charge < -0.3 is 15.8 Å². The molecule has 0 saturated heterocycles. The van der Waals surface area contributed by atoms with E-state index in [4.69, 9.17) is 10.5 Å². The summed E-state index contributed by atoms with van der Waals surface area (Å²) in [5, 5.41) is 3.19. The van der Waals surface area contributed by atoms with E-state index in [0.29, 0.717) is 13.0 Å². The number of aryl methyl sites for hydroxylation is 1. The Labute approximate surface area is 127 Å². The zero-order chi connectivity index (χ0) is 15.1. The van der Waals surface area contributed by atoms with Crippen molar-refractivity contribution >= 4 is 5.91 Å². The van der Waals surface area contributed by atoms with E-state index in [-0.39, 0.29) is 11.4 Å². The summed E-state index contributed by atoms with van der Waals surface area (Å²) in [4.78, 5) is 12.2. The summed E-state index contributed by atoms with van der Waals surface area (Å²) >= 11 is 0. The Balaban J connectivity index is 1.83. The third-order valence-corrected chi connectivity index (χ3v) is 4.41. The van der Waals surface area contributed by atoms with Gasteiger partial charge in [-0.15, -0.1) is 0 Å². The summed E-state index contributed by atoms with van der Waals surface area (Å²) in [7, 11) is 1.65. The van der Waals surface area contributed by atoms with Gasteiger partial charge in [0.05, 0.1) is 12.6 Å². The minimum absolute atomic E-state index is 0.109. The lowest BCUT2D eigenvalue weighted by molar-refractivity contribution is -0.123. The van der Waals surface area contributed by atoms with Crippen molar-refractivity contribution in [2.45, 2.75) is 50.5 Å². The second-order valence-electron chi connectivity index (χ2n) is 5.94. The SMILES string of the molecule is COc1ccc(CCC(=O)NC2(CN)CCCCC2)cc1. The van der Waals surface area contributed by atoms with E-state index in [2.05, 4.69) is 5.32 Å². The van der Waals surface area contributed by atoms with Gasteiger partial charge in [0.1, 0.15) is 5.75 Å². The number of hydrogen-bond donors (Lipinski definition) is 2. The van der Waals surface area contributed by atoms with Gasteiger partial charge in [-0.25, -0.2) is 0 Å². The van der Waals surface area contributed by atoms with Crippen LogP contribution in [0.5, 0.6) is 5.75 Å². The Morgan fingerprint density at radius 3 is 2.48 bits per heavy atom. The molecule has 0 unspecified atom stereocenters. The molecule has 1 fully saturated rings. The summed E-state index contributed by atoms with van der Waals surface area (Å²) in [6.45, 7) is 0.543. The minimum Gasteiger partial charge on any atom is -0.497 e. The average molecular weight is 290 g/mol. The molecule has 21 heavy (non-hydrogen) atoms. The topological polar surface area (TPSA) is 64.3 Å². The second kappa shape index (κ2) is 7.46. The van der Waals surface area contributed by atoms with Crippen LogP contribution in [0.2, 0.25) is 0 Å². The Hall–Kier alpha value is -1.55. The molecule has 0 radical (unpaired) electrons. The monoisotopic (exact) mass is 290 g/mol. The smallest absolute Gasteiger partial charge is 0.220 e. The fourth-order valence-electron chi connectivity index (χ4n) is 3.02. The molecule has 1 saturated carbocycles. The standard InChI is InChI=1S/C17H26N2O2/c1-21-15-8-5-14(6-9-15)7-10-16(20)19-17(13-18)11-3-2-4-12-17/h5-6,8-9H,2-4,7,10-13,18H2,1H3,(H,19,20). The number of carbonyl (C=O) groups excluding carboxylic acids is 1. The molecule has 0 aromatic heterocycles. The Bertz CT molecular complexity index is 450. The zero-order valence-corrected chi connectivity index (χ0v) is 12.9. The van der Waals surface area contributed by atoms with E-state index in [1.807, 2.05) is 24.3 Å². The highest BCUT2D eigenvalue weighted by molar-refractivity contribution is 5.77. The van der Waals surface area contributed by atoms with Crippen LogP contribution < -0.4 is 15.8 Å². The number of amides is 1. The van der Waals surface area contributed by atoms with Gasteiger partial charge in [-0.05, 0) is 37.0 Å². The first-order chi connectivity index (χ1) is 10.2. The Morgan fingerprint density at radius 2 is 1.90 bits per heavy atom. The summed E-state index contributed by atoms with van der Waals surface area (Å²) in [5.41, 5.74) is 6.89. The van der Waals surface area contributed by atoms with E-state index >= 15 is 0 Å². The van der Waals surface area contributed by atoms with Crippen molar-refractivity contribution in [3.8, 4) is 5.75 Å². The van der Waals surface area contributed by atoms with Crippen LogP contribution in [0.1, 0.15) is 44.1 Å². The van der Waals surface area contributed by atoms with Crippen molar-refractivity contribution in [2.24, 2.45) is 5.73 Å². The molecule has 0 aliphatic heterocycles. The highest BCUT2D eigenvalue weighted by Crippen LogP contribution is 2.27. The minimum atomic E-state index is -0.157. The molecule has 0 heterocycles. The lowest BCUT2D eigenvalue weighted by Crippen LogP contribution is -2.54. The maximum Gasteiger partial charge on any atom is 0.220 e. The predicted octanol–water partition coefficient (Wildman–Crippen LogP) is 2.41. The van der Waals surface area contributed by atoms with Crippen LogP contribution >= 0.6 is 0 Å². The van der Waals surface area contributed by atoms with Gasteiger partial charge in [-0.1, -0.05) is 31.4 Å². The first kappa shape index (κ1) is 15.8. The van der Waals surface area contributed by atoms with E-state index in [9.17, 15) is 4.79 Å². The molecule has 1 amide bonds. The molecular weight excluding hydrogens is 264 g/mol. The molecule has 116 valence electrons. The number of ether oxygens (including phenoxy) is 1. The van der Waals surface area contributed by atoms with E-state index in [1.165, 1.54) is 6.42 Å². The number of nitrogens with one attached hydrogen (secondary N) is 1. The fourth-order valence-corrected chi connectivity index (χ4v) is 3.02. The lowest BCUT2D eigenvalue weighted by atomic mass is 9.81. The Morgan fingerprint density at radius 1 is 1.24 bits per heavy atom. The number of benzene rings is 1. The second-order valence-corrected chi connectivity index (χ2v) is 5.94. The number of rotatable bonds is 6. The normalized spacial score (nSPS) is 17.2. The number of nitrogens with two attached hydrogens (primary N) is 1. The van der Waals surface area contributed by atoms with Gasteiger partial charge >= 0.3 is 0 Å². The third kappa shape index (κ3) is 4.46. The molecule has 3 N–H and O–H groups in total. The maximum atomic E-state index is 12.2. The van der Waals surface area contributed by atoms with E-state index in [0.717, 1.165) is 43.4 Å². The van der Waals surface area contributed by atoms with Crippen molar-refractivity contribution in [1.82, 2.24) is 5.32 Å². The molecule has 0 atom stereocenters. The number of hydrogen-bond acceptors (Lipinski definition) is 3. The quantitative estimate of drug-likeness (QED) is 0.845. The predicted molar refractivity (Wildman–Crippen MR) is 84.3 cm³/mol. The molecule has 1 aliphatic carbocycles. The van der Waals surface area contributed by atoms with Crippen LogP contribution in [0.4, 0.5) is 0 Å². The van der Waals surface area contributed by atoms with Crippen molar-refractivity contribution < 1.29 is 9.53 Å². The van der Waals surface area contributed by atoms with Crippen molar-refractivity contribution in [3.05, 3.63) is 29.8 Å². The number of methoxy groups -OCH3 is 1. The van der Waals surface area contributed by atoms with Crippen LogP contribution in [0.15, 0.2) is 24.3 Å². The number of carbonyl (C=O) groups is 1. The van der Waals surface area contributed by atoms with Gasteiger partial charge in [0.2, 0.25) is 5.91 Å². The molecule has 1 aromatic rings. The molecule has 4 nitrogen and oxygen atoms in total. The van der Waals surface area contributed by atoms with Crippen LogP contribution in [-0.4, -0.2) is 25.1 Å². The maximum absolute atomic E-state index is 12.2. The molecule has 0 spiro atoms. The summed E-state index contributed by atoms with van der Waals surface area (Å²) in [5.74, 6) is 0.950. The van der Waals surface area contributed by atoms with Gasteiger partial charge in [0, 0.05) is 13.0 Å². The zero-order valence-electron chi connectivity index (χ0n) is 12.9. The largest absolute Gasteiger partial charge is 0.497 e. The molecular formula is C17H26N2O2. The highest BCUT2D eigenvalue weighted by Gasteiger charge is 2.31. The van der Waals surface area contributed by atoms with Crippen molar-refractivity contribution in [3.63, 3.8) is 0 Å². The van der Waals surface area contributed by atoms with Crippen LogP contribution in [-0.2, 0) is 11.2 Å². The molecule has 1 aromatic carbocycles. The Kier molecular flexibility index (Phi) is 5.62. The molecule has 4 heteroatoms. The highest BCUT2D eigenvalue weighted by atomic mass is 16.5. The van der Waals surface area contributed by atoms with Gasteiger partial charge in [-0.3, -0.25) is 4.79 Å². The molecule has 1 aliphatic rings. The van der Waals surface area contributed by atoms with Crippen LogP contribution in [0.3, 0.4) is 0 Å².